The molecule has 2 aliphatic heterocycles. The average Bonchev–Trinajstić information content (AvgIpc) is 3.27. The third-order valence-corrected chi connectivity index (χ3v) is 6.35. The molecule has 0 radical (unpaired) electrons. The van der Waals surface area contributed by atoms with Gasteiger partial charge in [-0.1, -0.05) is 12.1 Å². The van der Waals surface area contributed by atoms with Gasteiger partial charge in [0.25, 0.3) is 10.0 Å². The second-order valence-electron chi connectivity index (χ2n) is 6.99. The van der Waals surface area contributed by atoms with E-state index in [0.29, 0.717) is 36.0 Å². The van der Waals surface area contributed by atoms with Crippen molar-refractivity contribution in [1.29, 1.82) is 0 Å². The van der Waals surface area contributed by atoms with Crippen LogP contribution in [0.15, 0.2) is 47.4 Å². The molecule has 2 aromatic carbocycles. The molecule has 0 bridgehead atoms. The summed E-state index contributed by atoms with van der Waals surface area (Å²) in [6.07, 6.45) is 2.09. The van der Waals surface area contributed by atoms with Crippen LogP contribution >= 0.6 is 0 Å². The quantitative estimate of drug-likeness (QED) is 0.704. The van der Waals surface area contributed by atoms with Crippen LogP contribution in [-0.2, 0) is 10.0 Å². The van der Waals surface area contributed by atoms with Gasteiger partial charge in [0.15, 0.2) is 23.1 Å². The highest BCUT2D eigenvalue weighted by Crippen LogP contribution is 2.34. The highest BCUT2D eigenvalue weighted by molar-refractivity contribution is 7.92. The molecule has 0 spiro atoms. The summed E-state index contributed by atoms with van der Waals surface area (Å²) in [6.45, 7) is 2.49. The predicted octanol–water partition coefficient (Wildman–Crippen LogP) is 2.80. The zero-order valence-corrected chi connectivity index (χ0v) is 16.5. The van der Waals surface area contributed by atoms with Crippen molar-refractivity contribution in [1.82, 2.24) is 9.97 Å². The number of anilines is 2. The Morgan fingerprint density at radius 3 is 2.34 bits per heavy atom. The lowest BCUT2D eigenvalue weighted by atomic mass is 10.3. The van der Waals surface area contributed by atoms with E-state index < -0.39 is 10.0 Å². The van der Waals surface area contributed by atoms with Crippen molar-refractivity contribution in [2.45, 2.75) is 17.7 Å². The number of benzene rings is 2. The molecule has 0 aliphatic carbocycles. The van der Waals surface area contributed by atoms with Gasteiger partial charge in [0.05, 0.1) is 15.9 Å². The zero-order valence-electron chi connectivity index (χ0n) is 15.7. The van der Waals surface area contributed by atoms with Gasteiger partial charge in [0, 0.05) is 19.2 Å². The Labute approximate surface area is 168 Å². The van der Waals surface area contributed by atoms with Gasteiger partial charge in [-0.05, 0) is 37.1 Å². The molecular weight excluding hydrogens is 392 g/mol. The van der Waals surface area contributed by atoms with Crippen molar-refractivity contribution in [3.05, 3.63) is 42.5 Å². The van der Waals surface area contributed by atoms with E-state index in [1.807, 2.05) is 24.3 Å². The van der Waals surface area contributed by atoms with E-state index in [0.717, 1.165) is 31.4 Å². The minimum atomic E-state index is -3.88. The number of hydrogen-bond donors (Lipinski definition) is 1. The average molecular weight is 412 g/mol. The second-order valence-corrected chi connectivity index (χ2v) is 8.67. The first-order chi connectivity index (χ1) is 14.1. The standard InChI is InChI=1S/C20H20N4O4S/c25-29(26,14-7-8-17-18(13-14)28-12-11-27-17)23-19-20(24-9-3-4-10-24)22-16-6-2-1-5-15(16)21-19/h1-2,5-8,13H,3-4,9-12H2,(H,21,23). The first-order valence-electron chi connectivity index (χ1n) is 9.54. The Hall–Kier alpha value is -3.07. The summed E-state index contributed by atoms with van der Waals surface area (Å²) in [6, 6.07) is 12.0. The molecule has 1 aromatic heterocycles. The lowest BCUT2D eigenvalue weighted by Crippen LogP contribution is -2.23. The van der Waals surface area contributed by atoms with E-state index in [2.05, 4.69) is 14.6 Å². The van der Waals surface area contributed by atoms with Gasteiger partial charge in [0.1, 0.15) is 13.2 Å². The fourth-order valence-corrected chi connectivity index (χ4v) is 4.60. The normalized spacial score (nSPS) is 16.2. The summed E-state index contributed by atoms with van der Waals surface area (Å²) in [7, 11) is -3.88. The minimum Gasteiger partial charge on any atom is -0.486 e. The molecule has 5 rings (SSSR count). The molecule has 2 aliphatic rings. The van der Waals surface area contributed by atoms with Crippen molar-refractivity contribution in [2.75, 3.05) is 35.9 Å². The van der Waals surface area contributed by atoms with Gasteiger partial charge in [-0.3, -0.25) is 4.72 Å². The van der Waals surface area contributed by atoms with E-state index >= 15 is 0 Å². The van der Waals surface area contributed by atoms with Gasteiger partial charge < -0.3 is 14.4 Å². The maximum atomic E-state index is 13.1. The number of hydrogen-bond acceptors (Lipinski definition) is 7. The van der Waals surface area contributed by atoms with Gasteiger partial charge in [-0.25, -0.2) is 18.4 Å². The van der Waals surface area contributed by atoms with Crippen LogP contribution in [0.3, 0.4) is 0 Å². The Morgan fingerprint density at radius 2 is 1.59 bits per heavy atom. The predicted molar refractivity (Wildman–Crippen MR) is 109 cm³/mol. The third-order valence-electron chi connectivity index (χ3n) is 5.01. The third kappa shape index (κ3) is 3.42. The molecule has 8 nitrogen and oxygen atoms in total. The number of rotatable bonds is 4. The second kappa shape index (κ2) is 7.07. The fourth-order valence-electron chi connectivity index (χ4n) is 3.59. The van der Waals surface area contributed by atoms with Crippen LogP contribution in [0.1, 0.15) is 12.8 Å². The van der Waals surface area contributed by atoms with E-state index in [1.54, 1.807) is 6.07 Å². The molecule has 0 saturated carbocycles. The Bertz CT molecular complexity index is 1180. The van der Waals surface area contributed by atoms with E-state index in [-0.39, 0.29) is 10.7 Å². The van der Waals surface area contributed by atoms with Crippen molar-refractivity contribution >= 4 is 32.7 Å². The number of nitrogens with one attached hydrogen (secondary N) is 1. The number of para-hydroxylation sites is 2. The summed E-state index contributed by atoms with van der Waals surface area (Å²) < 4.78 is 39.8. The number of ether oxygens (including phenoxy) is 2. The van der Waals surface area contributed by atoms with Gasteiger partial charge in [-0.15, -0.1) is 0 Å². The number of nitrogens with zero attached hydrogens (tertiary/aromatic N) is 3. The van der Waals surface area contributed by atoms with E-state index in [9.17, 15) is 8.42 Å². The van der Waals surface area contributed by atoms with Gasteiger partial charge in [-0.2, -0.15) is 0 Å². The summed E-state index contributed by atoms with van der Waals surface area (Å²) in [5.74, 6) is 1.75. The smallest absolute Gasteiger partial charge is 0.263 e. The SMILES string of the molecule is O=S(=O)(Nc1nc2ccccc2nc1N1CCCC1)c1ccc2c(c1)OCCO2. The molecule has 1 fully saturated rings. The molecule has 29 heavy (non-hydrogen) atoms. The molecule has 0 unspecified atom stereocenters. The number of sulfonamides is 1. The topological polar surface area (TPSA) is 93.7 Å². The minimum absolute atomic E-state index is 0.0871. The van der Waals surface area contributed by atoms with Crippen molar-refractivity contribution in [3.63, 3.8) is 0 Å². The summed E-state index contributed by atoms with van der Waals surface area (Å²) in [4.78, 5) is 11.4. The first kappa shape index (κ1) is 18.0. The monoisotopic (exact) mass is 412 g/mol. The van der Waals surface area contributed by atoms with E-state index in [4.69, 9.17) is 14.5 Å². The molecule has 3 heterocycles. The number of fused-ring (bicyclic) bond motifs is 2. The molecule has 9 heteroatoms. The Kier molecular flexibility index (Phi) is 4.39. The van der Waals surface area contributed by atoms with Crippen molar-refractivity contribution in [2.24, 2.45) is 0 Å². The lowest BCUT2D eigenvalue weighted by Gasteiger charge is -2.21. The van der Waals surface area contributed by atoms with Crippen LogP contribution in [0.5, 0.6) is 11.5 Å². The molecule has 150 valence electrons. The summed E-state index contributed by atoms with van der Waals surface area (Å²) in [5, 5.41) is 0. The summed E-state index contributed by atoms with van der Waals surface area (Å²) >= 11 is 0. The largest absolute Gasteiger partial charge is 0.486 e. The number of aromatic nitrogens is 2. The highest BCUT2D eigenvalue weighted by Gasteiger charge is 2.25. The van der Waals surface area contributed by atoms with E-state index in [1.165, 1.54) is 12.1 Å². The molecule has 3 aromatic rings. The van der Waals surface area contributed by atoms with Crippen LogP contribution in [0.2, 0.25) is 0 Å². The van der Waals surface area contributed by atoms with Gasteiger partial charge in [0.2, 0.25) is 0 Å². The van der Waals surface area contributed by atoms with Gasteiger partial charge >= 0.3 is 0 Å². The zero-order chi connectivity index (χ0) is 19.8. The van der Waals surface area contributed by atoms with Crippen molar-refractivity contribution < 1.29 is 17.9 Å². The van der Waals surface area contributed by atoms with Crippen LogP contribution in [0, 0.1) is 0 Å². The molecule has 0 atom stereocenters. The fraction of sp³-hybridized carbons (Fsp3) is 0.300. The summed E-state index contributed by atoms with van der Waals surface area (Å²) in [5.41, 5.74) is 1.37. The van der Waals surface area contributed by atoms with Crippen LogP contribution < -0.4 is 19.1 Å². The van der Waals surface area contributed by atoms with Crippen LogP contribution in [0.25, 0.3) is 11.0 Å². The Morgan fingerprint density at radius 1 is 0.897 bits per heavy atom. The lowest BCUT2D eigenvalue weighted by molar-refractivity contribution is 0.171. The van der Waals surface area contributed by atoms with Crippen LogP contribution in [-0.4, -0.2) is 44.7 Å². The van der Waals surface area contributed by atoms with Crippen LogP contribution in [0.4, 0.5) is 11.6 Å². The molecular formula is C20H20N4O4S. The molecule has 1 saturated heterocycles. The van der Waals surface area contributed by atoms with Crippen molar-refractivity contribution in [3.8, 4) is 11.5 Å². The Balaban J connectivity index is 1.55. The maximum absolute atomic E-state index is 13.1. The molecule has 1 N–H and O–H groups in total. The highest BCUT2D eigenvalue weighted by atomic mass is 32.2. The first-order valence-corrected chi connectivity index (χ1v) is 11.0. The molecule has 0 amide bonds. The maximum Gasteiger partial charge on any atom is 0.263 e.